The molecule has 6 heteroatoms. The summed E-state index contributed by atoms with van der Waals surface area (Å²) in [6, 6.07) is 13.4. The van der Waals surface area contributed by atoms with Crippen molar-refractivity contribution < 1.29 is 19.1 Å². The lowest BCUT2D eigenvalue weighted by atomic mass is 10.1. The van der Waals surface area contributed by atoms with E-state index in [2.05, 4.69) is 0 Å². The average Bonchev–Trinajstić information content (AvgIpc) is 3.00. The van der Waals surface area contributed by atoms with Crippen LogP contribution in [0, 0.1) is 0 Å². The van der Waals surface area contributed by atoms with Gasteiger partial charge in [-0.3, -0.25) is 9.59 Å². The maximum Gasteiger partial charge on any atom is 0.253 e. The van der Waals surface area contributed by atoms with E-state index < -0.39 is 0 Å². The van der Waals surface area contributed by atoms with E-state index in [1.807, 2.05) is 54.3 Å². The molecular weight excluding hydrogens is 380 g/mol. The number of nitrogens with zero attached hydrogens (tertiary/aromatic N) is 2. The highest BCUT2D eigenvalue weighted by molar-refractivity contribution is 5.93. The van der Waals surface area contributed by atoms with Gasteiger partial charge in [-0.25, -0.2) is 0 Å². The fourth-order valence-electron chi connectivity index (χ4n) is 3.38. The first kappa shape index (κ1) is 21.7. The number of rotatable bonds is 7. The van der Waals surface area contributed by atoms with Crippen LogP contribution in [0.2, 0.25) is 0 Å². The number of fused-ring (bicyclic) bond motifs is 1. The lowest BCUT2D eigenvalue weighted by Gasteiger charge is -2.21. The van der Waals surface area contributed by atoms with E-state index in [9.17, 15) is 9.59 Å². The molecule has 1 aliphatic heterocycles. The van der Waals surface area contributed by atoms with Crippen LogP contribution >= 0.6 is 0 Å². The van der Waals surface area contributed by atoms with Crippen molar-refractivity contribution in [2.75, 3.05) is 33.9 Å². The van der Waals surface area contributed by atoms with Gasteiger partial charge in [-0.15, -0.1) is 0 Å². The van der Waals surface area contributed by atoms with Crippen molar-refractivity contribution in [3.8, 4) is 11.5 Å². The molecule has 0 spiro atoms. The predicted molar refractivity (Wildman–Crippen MR) is 116 cm³/mol. The minimum Gasteiger partial charge on any atom is -0.490 e. The minimum absolute atomic E-state index is 0.0277. The SMILES string of the molecule is CCN(Cc1ccc(C(=O)N(C)C)cc1)C(=O)CCc1ccc2c(c1)OCCCO2. The molecule has 160 valence electrons. The van der Waals surface area contributed by atoms with Crippen LogP contribution in [-0.4, -0.2) is 55.5 Å². The second-order valence-corrected chi connectivity index (χ2v) is 7.64. The molecule has 1 heterocycles. The zero-order valence-electron chi connectivity index (χ0n) is 18.0. The molecule has 0 bridgehead atoms. The van der Waals surface area contributed by atoms with Gasteiger partial charge in [-0.05, 0) is 48.7 Å². The summed E-state index contributed by atoms with van der Waals surface area (Å²) in [4.78, 5) is 28.2. The summed E-state index contributed by atoms with van der Waals surface area (Å²) >= 11 is 0. The Kier molecular flexibility index (Phi) is 7.33. The molecule has 2 aromatic rings. The van der Waals surface area contributed by atoms with Crippen molar-refractivity contribution in [2.24, 2.45) is 0 Å². The number of aryl methyl sites for hydroxylation is 1. The Hall–Kier alpha value is -3.02. The van der Waals surface area contributed by atoms with Gasteiger partial charge >= 0.3 is 0 Å². The van der Waals surface area contributed by atoms with E-state index >= 15 is 0 Å². The first-order chi connectivity index (χ1) is 14.5. The third-order valence-electron chi connectivity index (χ3n) is 5.15. The first-order valence-corrected chi connectivity index (χ1v) is 10.4. The molecule has 0 unspecified atom stereocenters. The second-order valence-electron chi connectivity index (χ2n) is 7.64. The van der Waals surface area contributed by atoms with Gasteiger partial charge in [0.15, 0.2) is 11.5 Å². The van der Waals surface area contributed by atoms with Crippen LogP contribution in [0.1, 0.15) is 41.3 Å². The molecule has 0 N–H and O–H groups in total. The van der Waals surface area contributed by atoms with E-state index in [-0.39, 0.29) is 11.8 Å². The van der Waals surface area contributed by atoms with Gasteiger partial charge in [-0.2, -0.15) is 0 Å². The third kappa shape index (κ3) is 5.53. The monoisotopic (exact) mass is 410 g/mol. The number of hydrogen-bond acceptors (Lipinski definition) is 4. The summed E-state index contributed by atoms with van der Waals surface area (Å²) in [6.07, 6.45) is 1.96. The summed E-state index contributed by atoms with van der Waals surface area (Å²) in [5.41, 5.74) is 2.72. The number of ether oxygens (including phenoxy) is 2. The van der Waals surface area contributed by atoms with Crippen LogP contribution < -0.4 is 9.47 Å². The minimum atomic E-state index is -0.0277. The van der Waals surface area contributed by atoms with Crippen LogP contribution in [0.5, 0.6) is 11.5 Å². The van der Waals surface area contributed by atoms with Gasteiger partial charge < -0.3 is 19.3 Å². The molecule has 2 aromatic carbocycles. The number of amides is 2. The Morgan fingerprint density at radius 3 is 2.27 bits per heavy atom. The van der Waals surface area contributed by atoms with Gasteiger partial charge in [0.2, 0.25) is 5.91 Å². The van der Waals surface area contributed by atoms with Gasteiger partial charge in [0.1, 0.15) is 0 Å². The van der Waals surface area contributed by atoms with Crippen LogP contribution in [0.4, 0.5) is 0 Å². The van der Waals surface area contributed by atoms with Crippen molar-refractivity contribution in [2.45, 2.75) is 32.7 Å². The quantitative estimate of drug-likeness (QED) is 0.701. The van der Waals surface area contributed by atoms with E-state index in [0.29, 0.717) is 44.7 Å². The van der Waals surface area contributed by atoms with Gasteiger partial charge in [0.25, 0.3) is 5.91 Å². The molecule has 1 aliphatic rings. The molecule has 3 rings (SSSR count). The van der Waals surface area contributed by atoms with Crippen molar-refractivity contribution >= 4 is 11.8 Å². The van der Waals surface area contributed by atoms with Crippen LogP contribution in [-0.2, 0) is 17.8 Å². The molecule has 2 amide bonds. The number of carbonyl (C=O) groups is 2. The number of carbonyl (C=O) groups excluding carboxylic acids is 2. The molecule has 6 nitrogen and oxygen atoms in total. The standard InChI is InChI=1S/C24H30N2O4/c1-4-26(17-19-6-10-20(11-7-19)24(28)25(2)3)23(27)13-9-18-8-12-21-22(16-18)30-15-5-14-29-21/h6-8,10-12,16H,4-5,9,13-15,17H2,1-3H3. The lowest BCUT2D eigenvalue weighted by Crippen LogP contribution is -2.30. The highest BCUT2D eigenvalue weighted by atomic mass is 16.5. The third-order valence-corrected chi connectivity index (χ3v) is 5.15. The zero-order chi connectivity index (χ0) is 21.5. The van der Waals surface area contributed by atoms with Gasteiger partial charge in [0, 0.05) is 45.6 Å². The molecule has 0 atom stereocenters. The highest BCUT2D eigenvalue weighted by Crippen LogP contribution is 2.30. The van der Waals surface area contributed by atoms with Crippen LogP contribution in [0.15, 0.2) is 42.5 Å². The Morgan fingerprint density at radius 2 is 1.60 bits per heavy atom. The topological polar surface area (TPSA) is 59.1 Å². The summed E-state index contributed by atoms with van der Waals surface area (Å²) in [5.74, 6) is 1.62. The molecule has 0 fully saturated rings. The molecular formula is C24H30N2O4. The molecule has 0 saturated carbocycles. The van der Waals surface area contributed by atoms with E-state index in [1.54, 1.807) is 19.0 Å². The normalized spacial score (nSPS) is 12.8. The number of benzene rings is 2. The average molecular weight is 411 g/mol. The molecule has 0 radical (unpaired) electrons. The van der Waals surface area contributed by atoms with E-state index in [0.717, 1.165) is 29.0 Å². The van der Waals surface area contributed by atoms with E-state index in [1.165, 1.54) is 0 Å². The van der Waals surface area contributed by atoms with Gasteiger partial charge in [0.05, 0.1) is 13.2 Å². The Balaban J connectivity index is 1.57. The smallest absolute Gasteiger partial charge is 0.253 e. The van der Waals surface area contributed by atoms with Crippen molar-refractivity contribution in [3.05, 3.63) is 59.2 Å². The van der Waals surface area contributed by atoms with Crippen molar-refractivity contribution in [1.82, 2.24) is 9.80 Å². The lowest BCUT2D eigenvalue weighted by molar-refractivity contribution is -0.131. The predicted octanol–water partition coefficient (Wildman–Crippen LogP) is 3.53. The number of hydrogen-bond donors (Lipinski definition) is 0. The summed E-state index contributed by atoms with van der Waals surface area (Å²) in [5, 5.41) is 0. The Labute approximate surface area is 178 Å². The summed E-state index contributed by atoms with van der Waals surface area (Å²) in [6.45, 7) is 4.47. The van der Waals surface area contributed by atoms with Crippen molar-refractivity contribution in [3.63, 3.8) is 0 Å². The van der Waals surface area contributed by atoms with Crippen molar-refractivity contribution in [1.29, 1.82) is 0 Å². The molecule has 0 aliphatic carbocycles. The fourth-order valence-corrected chi connectivity index (χ4v) is 3.38. The highest BCUT2D eigenvalue weighted by Gasteiger charge is 2.15. The van der Waals surface area contributed by atoms with Crippen LogP contribution in [0.25, 0.3) is 0 Å². The van der Waals surface area contributed by atoms with E-state index in [4.69, 9.17) is 9.47 Å². The fraction of sp³-hybridized carbons (Fsp3) is 0.417. The Morgan fingerprint density at radius 1 is 0.933 bits per heavy atom. The largest absolute Gasteiger partial charge is 0.490 e. The molecule has 0 aromatic heterocycles. The van der Waals surface area contributed by atoms with Gasteiger partial charge in [-0.1, -0.05) is 18.2 Å². The van der Waals surface area contributed by atoms with Crippen LogP contribution in [0.3, 0.4) is 0 Å². The summed E-state index contributed by atoms with van der Waals surface area (Å²) < 4.78 is 11.4. The zero-order valence-corrected chi connectivity index (χ0v) is 18.0. The summed E-state index contributed by atoms with van der Waals surface area (Å²) in [7, 11) is 3.47. The second kappa shape index (κ2) is 10.1. The maximum atomic E-state index is 12.8. The maximum absolute atomic E-state index is 12.8. The molecule has 30 heavy (non-hydrogen) atoms. The Bertz CT molecular complexity index is 877. The first-order valence-electron chi connectivity index (χ1n) is 10.4. The molecule has 0 saturated heterocycles.